The maximum absolute atomic E-state index is 12.1. The highest BCUT2D eigenvalue weighted by Crippen LogP contribution is 2.29. The number of hydrogen-bond donors (Lipinski definition) is 2. The third-order valence-corrected chi connectivity index (χ3v) is 4.32. The summed E-state index contributed by atoms with van der Waals surface area (Å²) in [5, 5.41) is 3.04. The van der Waals surface area contributed by atoms with E-state index in [0.717, 1.165) is 51.7 Å². The van der Waals surface area contributed by atoms with Gasteiger partial charge in [-0.3, -0.25) is 4.79 Å². The maximum atomic E-state index is 12.1. The second kappa shape index (κ2) is 11.0. The molecule has 3 N–H and O–H groups in total. The first-order valence-corrected chi connectivity index (χ1v) is 8.25. The van der Waals surface area contributed by atoms with Crippen molar-refractivity contribution in [3.05, 3.63) is 0 Å². The first kappa shape index (κ1) is 18.4. The quantitative estimate of drug-likeness (QED) is 0.602. The zero-order valence-corrected chi connectivity index (χ0v) is 13.6. The molecule has 0 heterocycles. The summed E-state index contributed by atoms with van der Waals surface area (Å²) in [7, 11) is 1.67. The Morgan fingerprint density at radius 1 is 1.29 bits per heavy atom. The van der Waals surface area contributed by atoms with E-state index in [0.29, 0.717) is 19.1 Å². The smallest absolute Gasteiger partial charge is 0.223 e. The van der Waals surface area contributed by atoms with Crippen molar-refractivity contribution in [1.82, 2.24) is 5.32 Å². The zero-order chi connectivity index (χ0) is 15.5. The van der Waals surface area contributed by atoms with Gasteiger partial charge in [0, 0.05) is 32.2 Å². The standard InChI is InChI=1S/C16H32N2O3/c1-13(14-6-5-7-15(17)12-14)16(19)18-8-3-4-9-21-11-10-20-2/h13-15H,3-12,17H2,1-2H3,(H,18,19). The summed E-state index contributed by atoms with van der Waals surface area (Å²) >= 11 is 0. The Morgan fingerprint density at radius 2 is 2.10 bits per heavy atom. The number of nitrogens with two attached hydrogens (primary N) is 1. The molecular formula is C16H32N2O3. The summed E-state index contributed by atoms with van der Waals surface area (Å²) in [5.41, 5.74) is 6.00. The average Bonchev–Trinajstić information content (AvgIpc) is 2.49. The van der Waals surface area contributed by atoms with Gasteiger partial charge in [-0.2, -0.15) is 0 Å². The summed E-state index contributed by atoms with van der Waals surface area (Å²) in [6.07, 6.45) is 6.30. The lowest BCUT2D eigenvalue weighted by Crippen LogP contribution is -2.38. The van der Waals surface area contributed by atoms with Gasteiger partial charge in [0.25, 0.3) is 0 Å². The van der Waals surface area contributed by atoms with Crippen LogP contribution in [0.5, 0.6) is 0 Å². The molecule has 3 unspecified atom stereocenters. The maximum Gasteiger partial charge on any atom is 0.223 e. The van der Waals surface area contributed by atoms with Crippen molar-refractivity contribution in [1.29, 1.82) is 0 Å². The zero-order valence-electron chi connectivity index (χ0n) is 13.6. The number of methoxy groups -OCH3 is 1. The summed E-state index contributed by atoms with van der Waals surface area (Å²) in [4.78, 5) is 12.1. The molecule has 0 aromatic heterocycles. The Hall–Kier alpha value is -0.650. The Balaban J connectivity index is 2.04. The van der Waals surface area contributed by atoms with Gasteiger partial charge < -0.3 is 20.5 Å². The van der Waals surface area contributed by atoms with Gasteiger partial charge in [0.05, 0.1) is 13.2 Å². The molecule has 0 radical (unpaired) electrons. The molecule has 1 aliphatic carbocycles. The van der Waals surface area contributed by atoms with E-state index in [1.807, 2.05) is 6.92 Å². The van der Waals surface area contributed by atoms with Crippen LogP contribution >= 0.6 is 0 Å². The number of carbonyl (C=O) groups is 1. The molecule has 5 nitrogen and oxygen atoms in total. The van der Waals surface area contributed by atoms with E-state index in [1.165, 1.54) is 0 Å². The van der Waals surface area contributed by atoms with Gasteiger partial charge in [0.1, 0.15) is 0 Å². The summed E-state index contributed by atoms with van der Waals surface area (Å²) in [6, 6.07) is 0.281. The third kappa shape index (κ3) is 7.79. The monoisotopic (exact) mass is 300 g/mol. The van der Waals surface area contributed by atoms with Crippen LogP contribution in [0.2, 0.25) is 0 Å². The predicted octanol–water partition coefficient (Wildman–Crippen LogP) is 1.70. The van der Waals surface area contributed by atoms with E-state index >= 15 is 0 Å². The Bertz CT molecular complexity index is 287. The molecule has 1 amide bonds. The van der Waals surface area contributed by atoms with Crippen molar-refractivity contribution >= 4 is 5.91 Å². The minimum atomic E-state index is 0.0781. The van der Waals surface area contributed by atoms with Crippen molar-refractivity contribution in [3.8, 4) is 0 Å². The molecule has 0 aromatic rings. The molecular weight excluding hydrogens is 268 g/mol. The molecule has 0 aromatic carbocycles. The van der Waals surface area contributed by atoms with Crippen LogP contribution in [0.3, 0.4) is 0 Å². The first-order chi connectivity index (χ1) is 10.1. The van der Waals surface area contributed by atoms with Crippen LogP contribution in [0.4, 0.5) is 0 Å². The second-order valence-corrected chi connectivity index (χ2v) is 6.08. The molecule has 1 rings (SSSR count). The van der Waals surface area contributed by atoms with Gasteiger partial charge in [0.15, 0.2) is 0 Å². The number of carbonyl (C=O) groups excluding carboxylic acids is 1. The Kier molecular flexibility index (Phi) is 9.63. The highest BCUT2D eigenvalue weighted by molar-refractivity contribution is 5.78. The highest BCUT2D eigenvalue weighted by Gasteiger charge is 2.28. The van der Waals surface area contributed by atoms with Crippen LogP contribution < -0.4 is 11.1 Å². The van der Waals surface area contributed by atoms with Gasteiger partial charge in [-0.15, -0.1) is 0 Å². The number of amides is 1. The fourth-order valence-electron chi connectivity index (χ4n) is 2.88. The van der Waals surface area contributed by atoms with Crippen LogP contribution in [0.15, 0.2) is 0 Å². The van der Waals surface area contributed by atoms with E-state index in [2.05, 4.69) is 5.32 Å². The average molecular weight is 300 g/mol. The van der Waals surface area contributed by atoms with Gasteiger partial charge >= 0.3 is 0 Å². The molecule has 5 heteroatoms. The van der Waals surface area contributed by atoms with E-state index in [9.17, 15) is 4.79 Å². The highest BCUT2D eigenvalue weighted by atomic mass is 16.5. The van der Waals surface area contributed by atoms with E-state index in [4.69, 9.17) is 15.2 Å². The molecule has 3 atom stereocenters. The third-order valence-electron chi connectivity index (χ3n) is 4.32. The first-order valence-electron chi connectivity index (χ1n) is 8.25. The van der Waals surface area contributed by atoms with Crippen molar-refractivity contribution in [2.75, 3.05) is 33.5 Å². The van der Waals surface area contributed by atoms with Crippen LogP contribution in [0.1, 0.15) is 45.4 Å². The SMILES string of the molecule is COCCOCCCCNC(=O)C(C)C1CCCC(N)C1. The normalized spacial score (nSPS) is 23.8. The molecule has 0 spiro atoms. The van der Waals surface area contributed by atoms with Crippen LogP contribution in [-0.4, -0.2) is 45.4 Å². The van der Waals surface area contributed by atoms with Gasteiger partial charge in [-0.25, -0.2) is 0 Å². The molecule has 0 aliphatic heterocycles. The number of ether oxygens (including phenoxy) is 2. The van der Waals surface area contributed by atoms with Gasteiger partial charge in [-0.05, 0) is 38.0 Å². The molecule has 1 fully saturated rings. The van der Waals surface area contributed by atoms with Crippen molar-refractivity contribution in [3.63, 3.8) is 0 Å². The van der Waals surface area contributed by atoms with Crippen LogP contribution in [0, 0.1) is 11.8 Å². The fourth-order valence-corrected chi connectivity index (χ4v) is 2.88. The lowest BCUT2D eigenvalue weighted by Gasteiger charge is -2.30. The Labute approximate surface area is 128 Å². The second-order valence-electron chi connectivity index (χ2n) is 6.08. The van der Waals surface area contributed by atoms with E-state index in [1.54, 1.807) is 7.11 Å². The van der Waals surface area contributed by atoms with Crippen LogP contribution in [0.25, 0.3) is 0 Å². The topological polar surface area (TPSA) is 73.6 Å². The summed E-state index contributed by atoms with van der Waals surface area (Å²) < 4.78 is 10.3. The number of hydrogen-bond acceptors (Lipinski definition) is 4. The minimum absolute atomic E-state index is 0.0781. The number of nitrogens with one attached hydrogen (secondary N) is 1. The fraction of sp³-hybridized carbons (Fsp3) is 0.938. The lowest BCUT2D eigenvalue weighted by atomic mass is 9.78. The van der Waals surface area contributed by atoms with Crippen molar-refractivity contribution in [2.24, 2.45) is 17.6 Å². The Morgan fingerprint density at radius 3 is 2.81 bits per heavy atom. The van der Waals surface area contributed by atoms with Crippen molar-refractivity contribution < 1.29 is 14.3 Å². The number of rotatable bonds is 10. The van der Waals surface area contributed by atoms with Crippen LogP contribution in [-0.2, 0) is 14.3 Å². The molecule has 21 heavy (non-hydrogen) atoms. The molecule has 124 valence electrons. The predicted molar refractivity (Wildman–Crippen MR) is 84.0 cm³/mol. The van der Waals surface area contributed by atoms with E-state index in [-0.39, 0.29) is 17.9 Å². The lowest BCUT2D eigenvalue weighted by molar-refractivity contribution is -0.126. The molecule has 0 saturated heterocycles. The summed E-state index contributed by atoms with van der Waals surface area (Å²) in [5.74, 6) is 0.704. The van der Waals surface area contributed by atoms with E-state index < -0.39 is 0 Å². The molecule has 1 aliphatic rings. The van der Waals surface area contributed by atoms with Gasteiger partial charge in [0.2, 0.25) is 5.91 Å². The minimum Gasteiger partial charge on any atom is -0.382 e. The molecule has 0 bridgehead atoms. The molecule has 1 saturated carbocycles. The van der Waals surface area contributed by atoms with Crippen molar-refractivity contribution in [2.45, 2.75) is 51.5 Å². The largest absolute Gasteiger partial charge is 0.382 e. The van der Waals surface area contributed by atoms with Gasteiger partial charge in [-0.1, -0.05) is 13.3 Å². The summed E-state index contributed by atoms with van der Waals surface area (Å²) in [6.45, 7) is 4.77. The number of unbranched alkanes of at least 4 members (excludes halogenated alkanes) is 1.